The molecule has 1 rings (SSSR count). The van der Waals surface area contributed by atoms with Crippen LogP contribution in [0.5, 0.6) is 0 Å². The van der Waals surface area contributed by atoms with Crippen molar-refractivity contribution in [2.24, 2.45) is 0 Å². The lowest BCUT2D eigenvalue weighted by molar-refractivity contribution is -0.142. The molecule has 2 N–H and O–H groups in total. The number of aliphatic hydroxyl groups is 1. The van der Waals surface area contributed by atoms with Crippen molar-refractivity contribution in [1.29, 1.82) is 0 Å². The predicted octanol–water partition coefficient (Wildman–Crippen LogP) is 0.496. The molecule has 0 atom stereocenters. The highest BCUT2D eigenvalue weighted by atomic mass is 19.4. The Morgan fingerprint density at radius 1 is 1.50 bits per heavy atom. The molecule has 1 heterocycles. The molecule has 4 nitrogen and oxygen atoms in total. The summed E-state index contributed by atoms with van der Waals surface area (Å²) in [6.45, 7) is 0.530. The Hall–Kier alpha value is -1.24. The average Bonchev–Trinajstić information content (AvgIpc) is 2.32. The van der Waals surface area contributed by atoms with Gasteiger partial charge in [0.1, 0.15) is 5.69 Å². The van der Waals surface area contributed by atoms with Crippen molar-refractivity contribution in [3.63, 3.8) is 0 Å². The zero-order valence-electron chi connectivity index (χ0n) is 7.35. The minimum absolute atomic E-state index is 0.171. The van der Waals surface area contributed by atoms with Gasteiger partial charge in [0.2, 0.25) is 0 Å². The predicted molar refractivity (Wildman–Crippen MR) is 41.9 cm³/mol. The fourth-order valence-electron chi connectivity index (χ4n) is 1.11. The maximum Gasteiger partial charge on any atom is 0.433 e. The fraction of sp³-hybridized carbons (Fsp3) is 0.571. The van der Waals surface area contributed by atoms with E-state index in [2.05, 4.69) is 0 Å². The summed E-state index contributed by atoms with van der Waals surface area (Å²) in [7, 11) is 0. The number of rotatable bonds is 2. The molecule has 7 heteroatoms. The molecule has 14 heavy (non-hydrogen) atoms. The molecule has 0 amide bonds. The molecule has 80 valence electrons. The number of H-pyrrole nitrogens is 1. The van der Waals surface area contributed by atoms with Crippen LogP contribution in [0.4, 0.5) is 13.2 Å². The van der Waals surface area contributed by atoms with Gasteiger partial charge < -0.3 is 5.11 Å². The fourth-order valence-corrected chi connectivity index (χ4v) is 1.11. The molecule has 0 aliphatic carbocycles. The van der Waals surface area contributed by atoms with Gasteiger partial charge in [-0.3, -0.25) is 14.6 Å². The molecule has 0 unspecified atom stereocenters. The minimum atomic E-state index is -4.57. The van der Waals surface area contributed by atoms with Crippen LogP contribution >= 0.6 is 0 Å². The van der Waals surface area contributed by atoms with Crippen LogP contribution in [0.2, 0.25) is 0 Å². The second-order valence-electron chi connectivity index (χ2n) is 2.79. The summed E-state index contributed by atoms with van der Waals surface area (Å²) in [5.41, 5.74) is -2.20. The van der Waals surface area contributed by atoms with E-state index >= 15 is 0 Å². The summed E-state index contributed by atoms with van der Waals surface area (Å²) in [5, 5.41) is 10.4. The lowest BCUT2D eigenvalue weighted by Crippen LogP contribution is -2.19. The average molecular weight is 210 g/mol. The molecule has 0 spiro atoms. The van der Waals surface area contributed by atoms with Crippen molar-refractivity contribution in [2.45, 2.75) is 19.6 Å². The molecule has 1 aromatic rings. The zero-order chi connectivity index (χ0) is 10.9. The van der Waals surface area contributed by atoms with Crippen LogP contribution in [0.3, 0.4) is 0 Å². The third-order valence-electron chi connectivity index (χ3n) is 1.79. The molecule has 0 aliphatic heterocycles. The topological polar surface area (TPSA) is 58.0 Å². The van der Waals surface area contributed by atoms with E-state index < -0.39 is 24.0 Å². The first-order valence-electron chi connectivity index (χ1n) is 3.85. The summed E-state index contributed by atoms with van der Waals surface area (Å²) < 4.78 is 37.4. The number of hydrogen-bond donors (Lipinski definition) is 2. The largest absolute Gasteiger partial charge is 0.433 e. The minimum Gasteiger partial charge on any atom is -0.394 e. The van der Waals surface area contributed by atoms with E-state index in [9.17, 15) is 18.0 Å². The third kappa shape index (κ3) is 1.82. The Bertz CT molecular complexity index is 377. The first-order chi connectivity index (χ1) is 6.38. The van der Waals surface area contributed by atoms with Crippen molar-refractivity contribution in [1.82, 2.24) is 9.78 Å². The Kier molecular flexibility index (Phi) is 2.70. The van der Waals surface area contributed by atoms with E-state index in [0.717, 1.165) is 11.6 Å². The van der Waals surface area contributed by atoms with E-state index in [1.54, 1.807) is 0 Å². The maximum absolute atomic E-state index is 12.2. The van der Waals surface area contributed by atoms with E-state index in [-0.39, 0.29) is 12.1 Å². The summed E-state index contributed by atoms with van der Waals surface area (Å²) in [6.07, 6.45) is -4.57. The van der Waals surface area contributed by atoms with E-state index in [1.165, 1.54) is 0 Å². The molecule has 0 saturated heterocycles. The van der Waals surface area contributed by atoms with Gasteiger partial charge in [0.15, 0.2) is 0 Å². The van der Waals surface area contributed by atoms with Crippen molar-refractivity contribution in [3.05, 3.63) is 21.6 Å². The molecule has 0 saturated carbocycles. The van der Waals surface area contributed by atoms with Crippen molar-refractivity contribution >= 4 is 0 Å². The normalized spacial score (nSPS) is 12.1. The number of alkyl halides is 3. The number of nitrogens with one attached hydrogen (secondary N) is 1. The smallest absolute Gasteiger partial charge is 0.394 e. The molecule has 1 aromatic heterocycles. The van der Waals surface area contributed by atoms with Crippen molar-refractivity contribution in [3.8, 4) is 0 Å². The number of hydrogen-bond acceptors (Lipinski definition) is 2. The molecular formula is C7H9F3N2O2. The molecule has 0 radical (unpaired) electrons. The monoisotopic (exact) mass is 210 g/mol. The lowest BCUT2D eigenvalue weighted by atomic mass is 10.3. The number of halogens is 3. The highest BCUT2D eigenvalue weighted by Crippen LogP contribution is 2.28. The van der Waals surface area contributed by atoms with Crippen molar-refractivity contribution < 1.29 is 18.3 Å². The summed E-state index contributed by atoms with van der Waals surface area (Å²) in [5.74, 6) is 0. The van der Waals surface area contributed by atoms with E-state index in [0.29, 0.717) is 0 Å². The van der Waals surface area contributed by atoms with Gasteiger partial charge in [-0.1, -0.05) is 0 Å². The molecule has 0 aromatic carbocycles. The number of aromatic amines is 1. The number of aliphatic hydroxyl groups excluding tert-OH is 1. The molecule has 0 aliphatic rings. The lowest BCUT2D eigenvalue weighted by Gasteiger charge is -2.03. The molecule has 0 fully saturated rings. The second kappa shape index (κ2) is 3.49. The third-order valence-corrected chi connectivity index (χ3v) is 1.79. The number of aromatic nitrogens is 2. The van der Waals surface area contributed by atoms with Crippen LogP contribution in [0.15, 0.2) is 4.79 Å². The maximum atomic E-state index is 12.2. The zero-order valence-corrected chi connectivity index (χ0v) is 7.35. The standard InChI is InChI=1S/C7H9F3N2O2/c1-4-5(7(8,9)10)11-12(2-3-13)6(4)14/h11,13H,2-3H2,1H3. The van der Waals surface area contributed by atoms with E-state index in [4.69, 9.17) is 5.11 Å². The van der Waals surface area contributed by atoms with Crippen molar-refractivity contribution in [2.75, 3.05) is 6.61 Å². The van der Waals surface area contributed by atoms with Crippen LogP contribution < -0.4 is 5.56 Å². The van der Waals surface area contributed by atoms with Gasteiger partial charge >= 0.3 is 6.18 Å². The first-order valence-corrected chi connectivity index (χ1v) is 3.85. The molecule has 0 bridgehead atoms. The summed E-state index contributed by atoms with van der Waals surface area (Å²) in [4.78, 5) is 11.1. The van der Waals surface area contributed by atoms with Crippen LogP contribution in [-0.4, -0.2) is 21.5 Å². The van der Waals surface area contributed by atoms with Crippen LogP contribution in [0.1, 0.15) is 11.3 Å². The Labute approximate surface area is 77.0 Å². The van der Waals surface area contributed by atoms with E-state index in [1.807, 2.05) is 5.10 Å². The van der Waals surface area contributed by atoms with Gasteiger partial charge in [-0.15, -0.1) is 0 Å². The van der Waals surface area contributed by atoms with Crippen LogP contribution in [-0.2, 0) is 12.7 Å². The van der Waals surface area contributed by atoms with Gasteiger partial charge in [0.25, 0.3) is 5.56 Å². The Balaban J connectivity index is 3.22. The molecular weight excluding hydrogens is 201 g/mol. The Morgan fingerprint density at radius 2 is 2.07 bits per heavy atom. The first kappa shape index (κ1) is 10.8. The Morgan fingerprint density at radius 3 is 2.43 bits per heavy atom. The number of nitrogens with zero attached hydrogens (tertiary/aromatic N) is 1. The van der Waals surface area contributed by atoms with Gasteiger partial charge in [-0.05, 0) is 6.92 Å². The summed E-state index contributed by atoms with van der Waals surface area (Å²) in [6, 6.07) is 0. The van der Waals surface area contributed by atoms with Gasteiger partial charge in [0.05, 0.1) is 13.2 Å². The van der Waals surface area contributed by atoms with Crippen LogP contribution in [0.25, 0.3) is 0 Å². The quantitative estimate of drug-likeness (QED) is 0.746. The van der Waals surface area contributed by atoms with Gasteiger partial charge in [0, 0.05) is 5.56 Å². The highest BCUT2D eigenvalue weighted by Gasteiger charge is 2.36. The highest BCUT2D eigenvalue weighted by molar-refractivity contribution is 5.18. The SMILES string of the molecule is Cc1c(C(F)(F)F)[nH]n(CCO)c1=O. The van der Waals surface area contributed by atoms with Crippen LogP contribution in [0, 0.1) is 6.92 Å². The van der Waals surface area contributed by atoms with Gasteiger partial charge in [-0.2, -0.15) is 13.2 Å². The second-order valence-corrected chi connectivity index (χ2v) is 2.79. The summed E-state index contributed by atoms with van der Waals surface area (Å²) >= 11 is 0. The van der Waals surface area contributed by atoms with Gasteiger partial charge in [-0.25, -0.2) is 0 Å².